The molecule has 0 aromatic heterocycles. The summed E-state index contributed by atoms with van der Waals surface area (Å²) in [7, 11) is -4.00. The number of rotatable bonds is 11. The minimum Gasteiger partial charge on any atom is -0.352 e. The van der Waals surface area contributed by atoms with Crippen molar-refractivity contribution in [2.24, 2.45) is 0 Å². The fourth-order valence-corrected chi connectivity index (χ4v) is 5.82. The molecule has 3 aromatic carbocycles. The Morgan fingerprint density at radius 1 is 0.900 bits per heavy atom. The maximum Gasteiger partial charge on any atom is 0.244 e. The first-order valence-corrected chi connectivity index (χ1v) is 15.6. The average Bonchev–Trinajstić information content (AvgIpc) is 2.87. The lowest BCUT2D eigenvalue weighted by Crippen LogP contribution is -2.54. The van der Waals surface area contributed by atoms with Crippen LogP contribution in [0.5, 0.6) is 0 Å². The number of hydrogen-bond acceptors (Lipinski definition) is 4. The monoisotopic (exact) mass is 643 g/mol. The number of carbonyl (C=O) groups is 2. The van der Waals surface area contributed by atoms with Gasteiger partial charge in [0.05, 0.1) is 22.0 Å². The maximum absolute atomic E-state index is 14.1. The predicted octanol–water partition coefficient (Wildman–Crippen LogP) is 6.23. The molecule has 1 unspecified atom stereocenters. The SMILES string of the molecule is CC(C)NC(=O)C(Cc1ccccc1)N(Cc1ccc(Cl)cc1Cl)C(=O)CN(c1cccc(Cl)c1Cl)S(C)(=O)=O. The molecule has 0 aliphatic carbocycles. The Labute approximate surface area is 255 Å². The highest BCUT2D eigenvalue weighted by Crippen LogP contribution is 2.34. The Hall–Kier alpha value is -2.49. The first-order chi connectivity index (χ1) is 18.8. The number of anilines is 1. The van der Waals surface area contributed by atoms with Gasteiger partial charge in [0.15, 0.2) is 0 Å². The van der Waals surface area contributed by atoms with Crippen molar-refractivity contribution in [2.75, 3.05) is 17.1 Å². The molecule has 0 saturated carbocycles. The predicted molar refractivity (Wildman–Crippen MR) is 163 cm³/mol. The third-order valence-electron chi connectivity index (χ3n) is 5.94. The molecule has 2 amide bonds. The quantitative estimate of drug-likeness (QED) is 0.268. The van der Waals surface area contributed by atoms with Gasteiger partial charge in [0, 0.05) is 29.1 Å². The minimum atomic E-state index is -4.00. The van der Waals surface area contributed by atoms with Crippen LogP contribution in [0.4, 0.5) is 5.69 Å². The molecule has 0 bridgehead atoms. The highest BCUT2D eigenvalue weighted by Gasteiger charge is 2.34. The number of sulfonamides is 1. The number of nitrogens with one attached hydrogen (secondary N) is 1. The molecule has 7 nitrogen and oxygen atoms in total. The number of halogens is 4. The number of carbonyl (C=O) groups excluding carboxylic acids is 2. The van der Waals surface area contributed by atoms with E-state index >= 15 is 0 Å². The molecule has 3 rings (SSSR count). The zero-order chi connectivity index (χ0) is 29.6. The Kier molecular flexibility index (Phi) is 11.1. The second kappa shape index (κ2) is 13.9. The summed E-state index contributed by atoms with van der Waals surface area (Å²) in [5.41, 5.74) is 1.38. The summed E-state index contributed by atoms with van der Waals surface area (Å²) >= 11 is 25.0. The smallest absolute Gasteiger partial charge is 0.244 e. The minimum absolute atomic E-state index is 0.0203. The zero-order valence-electron chi connectivity index (χ0n) is 22.1. The van der Waals surface area contributed by atoms with Crippen LogP contribution in [0.15, 0.2) is 66.7 Å². The van der Waals surface area contributed by atoms with Crippen LogP contribution in [-0.4, -0.2) is 50.0 Å². The number of hydrogen-bond donors (Lipinski definition) is 1. The van der Waals surface area contributed by atoms with E-state index in [0.717, 1.165) is 16.1 Å². The summed E-state index contributed by atoms with van der Waals surface area (Å²) in [6.07, 6.45) is 1.14. The van der Waals surface area contributed by atoms with E-state index in [0.29, 0.717) is 15.6 Å². The van der Waals surface area contributed by atoms with Crippen LogP contribution >= 0.6 is 46.4 Å². The van der Waals surface area contributed by atoms with Gasteiger partial charge in [0.25, 0.3) is 0 Å². The molecular weight excluding hydrogens is 616 g/mol. The maximum atomic E-state index is 14.1. The van der Waals surface area contributed by atoms with Crippen molar-refractivity contribution in [1.29, 1.82) is 0 Å². The van der Waals surface area contributed by atoms with E-state index in [2.05, 4.69) is 5.32 Å². The first kappa shape index (κ1) is 32.0. The van der Waals surface area contributed by atoms with E-state index in [9.17, 15) is 18.0 Å². The van der Waals surface area contributed by atoms with Gasteiger partial charge in [-0.1, -0.05) is 88.9 Å². The molecule has 0 radical (unpaired) electrons. The van der Waals surface area contributed by atoms with Gasteiger partial charge in [-0.3, -0.25) is 13.9 Å². The fraction of sp³-hybridized carbons (Fsp3) is 0.286. The normalized spacial score (nSPS) is 12.2. The van der Waals surface area contributed by atoms with Gasteiger partial charge >= 0.3 is 0 Å². The molecular formula is C28H29Cl4N3O4S. The third kappa shape index (κ3) is 8.51. The zero-order valence-corrected chi connectivity index (χ0v) is 25.9. The van der Waals surface area contributed by atoms with Crippen molar-refractivity contribution in [3.63, 3.8) is 0 Å². The Morgan fingerprint density at radius 3 is 2.17 bits per heavy atom. The summed E-state index contributed by atoms with van der Waals surface area (Å²) in [6, 6.07) is 17.3. The molecule has 1 atom stereocenters. The van der Waals surface area contributed by atoms with E-state index < -0.39 is 34.4 Å². The van der Waals surface area contributed by atoms with Gasteiger partial charge in [0.1, 0.15) is 12.6 Å². The Balaban J connectivity index is 2.11. The summed E-state index contributed by atoms with van der Waals surface area (Å²) in [5.74, 6) is -1.05. The number of amides is 2. The second-order valence-corrected chi connectivity index (χ2v) is 13.0. The van der Waals surface area contributed by atoms with Crippen LogP contribution in [-0.2, 0) is 32.6 Å². The summed E-state index contributed by atoms with van der Waals surface area (Å²) in [4.78, 5) is 29.0. The molecule has 0 saturated heterocycles. The van der Waals surface area contributed by atoms with E-state index in [1.807, 2.05) is 44.2 Å². The highest BCUT2D eigenvalue weighted by atomic mass is 35.5. The van der Waals surface area contributed by atoms with Crippen LogP contribution < -0.4 is 9.62 Å². The first-order valence-electron chi connectivity index (χ1n) is 12.3. The summed E-state index contributed by atoms with van der Waals surface area (Å²) in [5, 5.41) is 3.69. The van der Waals surface area contributed by atoms with E-state index in [-0.39, 0.29) is 34.7 Å². The van der Waals surface area contributed by atoms with Gasteiger partial charge in [-0.25, -0.2) is 8.42 Å². The van der Waals surface area contributed by atoms with Gasteiger partial charge in [-0.15, -0.1) is 0 Å². The van der Waals surface area contributed by atoms with E-state index in [4.69, 9.17) is 46.4 Å². The average molecular weight is 645 g/mol. The lowest BCUT2D eigenvalue weighted by atomic mass is 10.0. The van der Waals surface area contributed by atoms with Crippen molar-refractivity contribution in [1.82, 2.24) is 10.2 Å². The lowest BCUT2D eigenvalue weighted by molar-refractivity contribution is -0.140. The molecule has 12 heteroatoms. The molecule has 0 aliphatic heterocycles. The van der Waals surface area contributed by atoms with E-state index in [1.54, 1.807) is 12.1 Å². The summed E-state index contributed by atoms with van der Waals surface area (Å²) < 4.78 is 26.6. The molecule has 0 aliphatic rings. The molecule has 1 N–H and O–H groups in total. The van der Waals surface area contributed by atoms with Crippen LogP contribution in [0.2, 0.25) is 20.1 Å². The molecule has 0 fully saturated rings. The van der Waals surface area contributed by atoms with Crippen molar-refractivity contribution >= 4 is 73.9 Å². The highest BCUT2D eigenvalue weighted by molar-refractivity contribution is 7.92. The molecule has 0 spiro atoms. The van der Waals surface area contributed by atoms with E-state index in [1.165, 1.54) is 29.2 Å². The molecule has 214 valence electrons. The van der Waals surface area contributed by atoms with Crippen LogP contribution in [0.1, 0.15) is 25.0 Å². The Morgan fingerprint density at radius 2 is 1.57 bits per heavy atom. The van der Waals surface area contributed by atoms with Gasteiger partial charge in [-0.2, -0.15) is 0 Å². The van der Waals surface area contributed by atoms with Crippen LogP contribution in [0.3, 0.4) is 0 Å². The van der Waals surface area contributed by atoms with Crippen LogP contribution in [0, 0.1) is 0 Å². The third-order valence-corrected chi connectivity index (χ3v) is 8.46. The lowest BCUT2D eigenvalue weighted by Gasteiger charge is -2.34. The fourth-order valence-electron chi connectivity index (χ4n) is 4.05. The largest absolute Gasteiger partial charge is 0.352 e. The number of benzene rings is 3. The molecule has 40 heavy (non-hydrogen) atoms. The van der Waals surface area contributed by atoms with Crippen molar-refractivity contribution in [3.8, 4) is 0 Å². The van der Waals surface area contributed by atoms with Crippen molar-refractivity contribution in [3.05, 3.63) is 97.9 Å². The van der Waals surface area contributed by atoms with Crippen molar-refractivity contribution in [2.45, 2.75) is 38.9 Å². The van der Waals surface area contributed by atoms with Crippen LogP contribution in [0.25, 0.3) is 0 Å². The topological polar surface area (TPSA) is 86.8 Å². The molecule has 3 aromatic rings. The van der Waals surface area contributed by atoms with Gasteiger partial charge in [0.2, 0.25) is 21.8 Å². The van der Waals surface area contributed by atoms with Gasteiger partial charge in [-0.05, 0) is 49.2 Å². The Bertz CT molecular complexity index is 1470. The molecule has 0 heterocycles. The summed E-state index contributed by atoms with van der Waals surface area (Å²) in [6.45, 7) is 2.90. The standard InChI is InChI=1S/C28H29Cl4N3O4S/c1-18(2)33-28(37)25(14-19-8-5-4-6-9-19)34(16-20-12-13-21(29)15-23(20)31)26(36)17-35(40(3,38)39)24-11-7-10-22(30)27(24)32/h4-13,15,18,25H,14,16-17H2,1-3H3,(H,33,37). The van der Waals surface area contributed by atoms with Gasteiger partial charge < -0.3 is 10.2 Å². The van der Waals surface area contributed by atoms with Crippen molar-refractivity contribution < 1.29 is 18.0 Å². The second-order valence-electron chi connectivity index (χ2n) is 9.47. The number of nitrogens with zero attached hydrogens (tertiary/aromatic N) is 2.